The lowest BCUT2D eigenvalue weighted by Crippen LogP contribution is -2.41. The van der Waals surface area contributed by atoms with Gasteiger partial charge in [0.1, 0.15) is 11.5 Å². The van der Waals surface area contributed by atoms with Crippen LogP contribution in [0, 0.1) is 0 Å². The van der Waals surface area contributed by atoms with E-state index in [4.69, 9.17) is 21.1 Å². The molecule has 28 heavy (non-hydrogen) atoms. The normalized spacial score (nSPS) is 17.9. The zero-order valence-corrected chi connectivity index (χ0v) is 16.9. The molecule has 1 aliphatic rings. The molecule has 146 valence electrons. The number of allylic oxidation sites excluding steroid dienone is 2. The molecule has 0 aromatic heterocycles. The van der Waals surface area contributed by atoms with Crippen LogP contribution in [0.5, 0.6) is 5.75 Å². The second kappa shape index (κ2) is 8.98. The molecule has 2 atom stereocenters. The van der Waals surface area contributed by atoms with Gasteiger partial charge in [0, 0.05) is 13.0 Å². The molecule has 4 nitrogen and oxygen atoms in total. The molecule has 0 saturated heterocycles. The minimum absolute atomic E-state index is 0.0870. The molecule has 1 heterocycles. The number of carbonyl (C=O) groups is 1. The lowest BCUT2D eigenvalue weighted by atomic mass is 10.0. The lowest BCUT2D eigenvalue weighted by molar-refractivity contribution is -0.146. The van der Waals surface area contributed by atoms with Gasteiger partial charge in [-0.15, -0.1) is 18.2 Å². The number of rotatable bonds is 7. The van der Waals surface area contributed by atoms with Gasteiger partial charge >= 0.3 is 0 Å². The van der Waals surface area contributed by atoms with Crippen molar-refractivity contribution in [1.82, 2.24) is 4.90 Å². The summed E-state index contributed by atoms with van der Waals surface area (Å²) in [6, 6.07) is 17.4. The van der Waals surface area contributed by atoms with Crippen molar-refractivity contribution in [3.05, 3.63) is 89.7 Å². The van der Waals surface area contributed by atoms with Crippen LogP contribution in [-0.2, 0) is 16.1 Å². The van der Waals surface area contributed by atoms with Crippen molar-refractivity contribution in [2.24, 2.45) is 0 Å². The van der Waals surface area contributed by atoms with Gasteiger partial charge in [-0.2, -0.15) is 0 Å². The van der Waals surface area contributed by atoms with Gasteiger partial charge < -0.3 is 9.47 Å². The van der Waals surface area contributed by atoms with Crippen molar-refractivity contribution in [2.45, 2.75) is 31.5 Å². The van der Waals surface area contributed by atoms with E-state index < -0.39 is 6.23 Å². The van der Waals surface area contributed by atoms with Crippen LogP contribution in [-0.4, -0.2) is 23.3 Å². The third-order valence-electron chi connectivity index (χ3n) is 4.77. The smallest absolute Gasteiger partial charge is 0.256 e. The molecule has 1 amide bonds. The molecule has 0 aliphatic carbocycles. The topological polar surface area (TPSA) is 38.8 Å². The molecule has 5 heteroatoms. The summed E-state index contributed by atoms with van der Waals surface area (Å²) < 4.78 is 11.7. The summed E-state index contributed by atoms with van der Waals surface area (Å²) >= 11 is 6.24. The Morgan fingerprint density at radius 1 is 1.21 bits per heavy atom. The number of carbonyl (C=O) groups excluding carboxylic acids is 1. The molecule has 0 saturated carbocycles. The molecule has 0 radical (unpaired) electrons. The molecular weight excluding hydrogens is 374 g/mol. The Balaban J connectivity index is 2.03. The Bertz CT molecular complexity index is 878. The van der Waals surface area contributed by atoms with Gasteiger partial charge in [0.25, 0.3) is 5.91 Å². The third-order valence-corrected chi connectivity index (χ3v) is 5.10. The first-order chi connectivity index (χ1) is 13.5. The van der Waals surface area contributed by atoms with Gasteiger partial charge in [-0.05, 0) is 24.6 Å². The zero-order valence-electron chi connectivity index (χ0n) is 16.1. The van der Waals surface area contributed by atoms with E-state index >= 15 is 0 Å². The molecule has 2 aromatic rings. The number of hydrogen-bond donors (Lipinski definition) is 0. The Hall–Kier alpha value is -2.72. The Morgan fingerprint density at radius 2 is 1.89 bits per heavy atom. The molecule has 0 N–H and O–H groups in total. The van der Waals surface area contributed by atoms with Gasteiger partial charge in [-0.3, -0.25) is 9.69 Å². The van der Waals surface area contributed by atoms with Gasteiger partial charge in [-0.25, -0.2) is 0 Å². The molecule has 2 unspecified atom stereocenters. The van der Waals surface area contributed by atoms with E-state index in [0.29, 0.717) is 30.0 Å². The van der Waals surface area contributed by atoms with Crippen LogP contribution in [0.15, 0.2) is 78.6 Å². The molecule has 1 aliphatic heterocycles. The highest BCUT2D eigenvalue weighted by molar-refractivity contribution is 6.22. The van der Waals surface area contributed by atoms with Crippen molar-refractivity contribution >= 4 is 17.5 Å². The Kier molecular flexibility index (Phi) is 6.42. The molecule has 0 fully saturated rings. The predicted molar refractivity (Wildman–Crippen MR) is 111 cm³/mol. The summed E-state index contributed by atoms with van der Waals surface area (Å²) in [5, 5.41) is -0.334. The maximum Gasteiger partial charge on any atom is 0.256 e. The highest BCUT2D eigenvalue weighted by Crippen LogP contribution is 2.38. The van der Waals surface area contributed by atoms with E-state index in [0.717, 1.165) is 11.1 Å². The minimum Gasteiger partial charge on any atom is -0.496 e. The predicted octanol–water partition coefficient (Wildman–Crippen LogP) is 5.21. The second-order valence-electron chi connectivity index (χ2n) is 6.62. The summed E-state index contributed by atoms with van der Waals surface area (Å²) in [4.78, 5) is 15.2. The monoisotopic (exact) mass is 397 g/mol. The Morgan fingerprint density at radius 3 is 2.57 bits per heavy atom. The van der Waals surface area contributed by atoms with Crippen molar-refractivity contribution in [1.29, 1.82) is 0 Å². The second-order valence-corrected chi connectivity index (χ2v) is 7.18. The largest absolute Gasteiger partial charge is 0.496 e. The first-order valence-electron chi connectivity index (χ1n) is 9.16. The van der Waals surface area contributed by atoms with Gasteiger partial charge in [0.15, 0.2) is 0 Å². The molecular formula is C23H24ClNO3. The average Bonchev–Trinajstić information content (AvgIpc) is 2.73. The highest BCUT2D eigenvalue weighted by Gasteiger charge is 2.37. The van der Waals surface area contributed by atoms with E-state index in [1.54, 1.807) is 18.1 Å². The number of alkyl halides is 1. The first kappa shape index (κ1) is 20.0. The number of para-hydroxylation sites is 1. The van der Waals surface area contributed by atoms with Crippen LogP contribution in [0.1, 0.15) is 30.7 Å². The van der Waals surface area contributed by atoms with Crippen LogP contribution < -0.4 is 4.74 Å². The van der Waals surface area contributed by atoms with Crippen LogP contribution in [0.25, 0.3) is 0 Å². The molecule has 0 spiro atoms. The number of halogens is 1. The summed E-state index contributed by atoms with van der Waals surface area (Å²) in [6.07, 6.45) is 1.42. The fraction of sp³-hybridized carbons (Fsp3) is 0.261. The quantitative estimate of drug-likeness (QED) is 0.475. The van der Waals surface area contributed by atoms with Gasteiger partial charge in [0.2, 0.25) is 6.23 Å². The lowest BCUT2D eigenvalue weighted by Gasteiger charge is -2.38. The molecule has 0 bridgehead atoms. The first-order valence-corrected chi connectivity index (χ1v) is 9.59. The van der Waals surface area contributed by atoms with E-state index in [1.807, 2.05) is 61.5 Å². The van der Waals surface area contributed by atoms with E-state index in [2.05, 4.69) is 6.58 Å². The maximum absolute atomic E-state index is 13.4. The van der Waals surface area contributed by atoms with Crippen LogP contribution in [0.3, 0.4) is 0 Å². The molecule has 3 rings (SSSR count). The number of ether oxygens (including phenoxy) is 2. The number of hydrogen-bond acceptors (Lipinski definition) is 3. The molecule has 2 aromatic carbocycles. The SMILES string of the molecule is C=CC(Cl)CC1=C(C)OC(c2ccccc2OC)N(Cc2ccccc2)C1=O. The van der Waals surface area contributed by atoms with Crippen molar-refractivity contribution in [3.8, 4) is 5.75 Å². The van der Waals surface area contributed by atoms with Crippen LogP contribution in [0.4, 0.5) is 0 Å². The summed E-state index contributed by atoms with van der Waals surface area (Å²) in [7, 11) is 1.61. The van der Waals surface area contributed by atoms with Crippen LogP contribution >= 0.6 is 11.6 Å². The summed E-state index contributed by atoms with van der Waals surface area (Å²) in [6.45, 7) is 5.94. The zero-order chi connectivity index (χ0) is 20.1. The fourth-order valence-corrected chi connectivity index (χ4v) is 3.43. The summed E-state index contributed by atoms with van der Waals surface area (Å²) in [5.41, 5.74) is 2.39. The van der Waals surface area contributed by atoms with E-state index in [9.17, 15) is 4.79 Å². The van der Waals surface area contributed by atoms with Crippen molar-refractivity contribution in [2.75, 3.05) is 7.11 Å². The minimum atomic E-state index is -0.579. The number of methoxy groups -OCH3 is 1. The van der Waals surface area contributed by atoms with Crippen molar-refractivity contribution in [3.63, 3.8) is 0 Å². The van der Waals surface area contributed by atoms with E-state index in [-0.39, 0.29) is 11.3 Å². The number of nitrogens with zero attached hydrogens (tertiary/aromatic N) is 1. The third kappa shape index (κ3) is 4.23. The Labute approximate surface area is 171 Å². The van der Waals surface area contributed by atoms with Gasteiger partial charge in [0.05, 0.1) is 23.6 Å². The van der Waals surface area contributed by atoms with Gasteiger partial charge in [-0.1, -0.05) is 48.5 Å². The summed E-state index contributed by atoms with van der Waals surface area (Å²) in [5.74, 6) is 1.17. The number of benzene rings is 2. The fourth-order valence-electron chi connectivity index (χ4n) is 3.28. The number of amides is 1. The van der Waals surface area contributed by atoms with Crippen molar-refractivity contribution < 1.29 is 14.3 Å². The van der Waals surface area contributed by atoms with E-state index in [1.165, 1.54) is 0 Å². The average molecular weight is 398 g/mol. The standard InChI is InChI=1S/C23H24ClNO3/c1-4-18(24)14-20-16(2)28-23(19-12-8-9-13-21(19)27-3)25(22(20)26)15-17-10-6-5-7-11-17/h4-13,18,23H,1,14-15H2,2-3H3. The maximum atomic E-state index is 13.4. The van der Waals surface area contributed by atoms with Crippen LogP contribution in [0.2, 0.25) is 0 Å². The highest BCUT2D eigenvalue weighted by atomic mass is 35.5.